The van der Waals surface area contributed by atoms with Gasteiger partial charge in [0.15, 0.2) is 0 Å². The molecule has 0 atom stereocenters. The second kappa shape index (κ2) is 8.38. The van der Waals surface area contributed by atoms with Crippen LogP contribution >= 0.6 is 0 Å². The van der Waals surface area contributed by atoms with Crippen molar-refractivity contribution < 1.29 is 16.8 Å². The molecular weight excluding hydrogens is 434 g/mol. The Morgan fingerprint density at radius 2 is 1.48 bits per heavy atom. The highest BCUT2D eigenvalue weighted by Crippen LogP contribution is 2.26. The van der Waals surface area contributed by atoms with Gasteiger partial charge in [-0.25, -0.2) is 16.8 Å². The summed E-state index contributed by atoms with van der Waals surface area (Å²) in [5.41, 5.74) is 1.69. The lowest BCUT2D eigenvalue weighted by Gasteiger charge is -2.33. The molecular formula is C22H27N3O4S2. The van der Waals surface area contributed by atoms with Crippen LogP contribution in [0.2, 0.25) is 0 Å². The minimum Gasteiger partial charge on any atom is -0.347 e. The predicted molar refractivity (Wildman–Crippen MR) is 121 cm³/mol. The Morgan fingerprint density at radius 1 is 0.839 bits per heavy atom. The molecule has 0 aliphatic carbocycles. The van der Waals surface area contributed by atoms with Crippen LogP contribution in [0.1, 0.15) is 18.9 Å². The Kier molecular flexibility index (Phi) is 5.95. The van der Waals surface area contributed by atoms with E-state index >= 15 is 0 Å². The lowest BCUT2D eigenvalue weighted by molar-refractivity contribution is 0.272. The van der Waals surface area contributed by atoms with Gasteiger partial charge in [-0.2, -0.15) is 8.61 Å². The topological polar surface area (TPSA) is 79.7 Å². The monoisotopic (exact) mass is 461 g/mol. The summed E-state index contributed by atoms with van der Waals surface area (Å²) >= 11 is 0. The van der Waals surface area contributed by atoms with Gasteiger partial charge in [-0.05, 0) is 49.2 Å². The number of hydrogen-bond donors (Lipinski definition) is 0. The van der Waals surface area contributed by atoms with E-state index in [2.05, 4.69) is 11.5 Å². The molecule has 9 heteroatoms. The van der Waals surface area contributed by atoms with E-state index < -0.39 is 20.0 Å². The van der Waals surface area contributed by atoms with Crippen molar-refractivity contribution >= 4 is 30.9 Å². The molecule has 0 saturated carbocycles. The molecule has 0 bridgehead atoms. The Morgan fingerprint density at radius 3 is 2.13 bits per heavy atom. The SMILES string of the molecule is CCCn1ccc2cc(S(=O)(=O)N3CCN(S(=O)(=O)c4ccccc4C)CC3)ccc21. The average Bonchev–Trinajstić information content (AvgIpc) is 3.16. The third-order valence-electron chi connectivity index (χ3n) is 5.75. The third kappa shape index (κ3) is 4.03. The summed E-state index contributed by atoms with van der Waals surface area (Å²) in [6, 6.07) is 14.0. The van der Waals surface area contributed by atoms with E-state index in [0.717, 1.165) is 23.9 Å². The van der Waals surface area contributed by atoms with Crippen LogP contribution in [0.5, 0.6) is 0 Å². The van der Waals surface area contributed by atoms with Crippen LogP contribution in [-0.2, 0) is 26.6 Å². The fourth-order valence-electron chi connectivity index (χ4n) is 4.06. The molecule has 2 aromatic carbocycles. The first-order valence-corrected chi connectivity index (χ1v) is 13.3. The number of sulfonamides is 2. The number of rotatable bonds is 6. The number of nitrogens with zero attached hydrogens (tertiary/aromatic N) is 3. The Balaban J connectivity index is 1.53. The Bertz CT molecular complexity index is 1310. The number of fused-ring (bicyclic) bond motifs is 1. The number of aromatic nitrogens is 1. The van der Waals surface area contributed by atoms with Gasteiger partial charge in [0, 0.05) is 49.8 Å². The highest BCUT2D eigenvalue weighted by molar-refractivity contribution is 7.89. The van der Waals surface area contributed by atoms with Gasteiger partial charge < -0.3 is 4.57 Å². The molecule has 166 valence electrons. The maximum atomic E-state index is 13.2. The van der Waals surface area contributed by atoms with Gasteiger partial charge in [0.05, 0.1) is 9.79 Å². The summed E-state index contributed by atoms with van der Waals surface area (Å²) in [5, 5.41) is 0.885. The summed E-state index contributed by atoms with van der Waals surface area (Å²) in [5.74, 6) is 0. The lowest BCUT2D eigenvalue weighted by Crippen LogP contribution is -2.50. The molecule has 1 aromatic heterocycles. The van der Waals surface area contributed by atoms with E-state index in [9.17, 15) is 16.8 Å². The Hall–Kier alpha value is -2.20. The predicted octanol–water partition coefficient (Wildman–Crippen LogP) is 3.05. The molecule has 3 aromatic rings. The summed E-state index contributed by atoms with van der Waals surface area (Å²) in [6.07, 6.45) is 2.97. The molecule has 4 rings (SSSR count). The first-order chi connectivity index (χ1) is 14.7. The van der Waals surface area contributed by atoms with Crippen molar-refractivity contribution in [3.8, 4) is 0 Å². The molecule has 1 aliphatic heterocycles. The van der Waals surface area contributed by atoms with Gasteiger partial charge in [-0.15, -0.1) is 0 Å². The highest BCUT2D eigenvalue weighted by Gasteiger charge is 2.34. The third-order valence-corrected chi connectivity index (χ3v) is 9.71. The molecule has 31 heavy (non-hydrogen) atoms. The van der Waals surface area contributed by atoms with Gasteiger partial charge >= 0.3 is 0 Å². The minimum atomic E-state index is -3.70. The number of hydrogen-bond acceptors (Lipinski definition) is 4. The zero-order valence-electron chi connectivity index (χ0n) is 17.7. The number of aryl methyl sites for hydroxylation is 2. The fourth-order valence-corrected chi connectivity index (χ4v) is 7.16. The number of piperazine rings is 1. The highest BCUT2D eigenvalue weighted by atomic mass is 32.2. The van der Waals surface area contributed by atoms with E-state index in [0.29, 0.717) is 5.56 Å². The molecule has 0 N–H and O–H groups in total. The second-order valence-electron chi connectivity index (χ2n) is 7.80. The van der Waals surface area contributed by atoms with Crippen LogP contribution in [-0.4, -0.2) is 56.2 Å². The van der Waals surface area contributed by atoms with Crippen molar-refractivity contribution in [1.29, 1.82) is 0 Å². The molecule has 7 nitrogen and oxygen atoms in total. The van der Waals surface area contributed by atoms with E-state index in [1.807, 2.05) is 18.3 Å². The first-order valence-electron chi connectivity index (χ1n) is 10.4. The van der Waals surface area contributed by atoms with Crippen molar-refractivity contribution in [2.45, 2.75) is 36.6 Å². The van der Waals surface area contributed by atoms with Gasteiger partial charge in [-0.1, -0.05) is 25.1 Å². The fraction of sp³-hybridized carbons (Fsp3) is 0.364. The van der Waals surface area contributed by atoms with Crippen molar-refractivity contribution in [2.75, 3.05) is 26.2 Å². The van der Waals surface area contributed by atoms with E-state index in [1.54, 1.807) is 43.3 Å². The van der Waals surface area contributed by atoms with Crippen molar-refractivity contribution in [1.82, 2.24) is 13.2 Å². The van der Waals surface area contributed by atoms with Gasteiger partial charge in [0.2, 0.25) is 20.0 Å². The van der Waals surface area contributed by atoms with Crippen LogP contribution in [0.4, 0.5) is 0 Å². The average molecular weight is 462 g/mol. The smallest absolute Gasteiger partial charge is 0.243 e. The van der Waals surface area contributed by atoms with Gasteiger partial charge in [0.1, 0.15) is 0 Å². The summed E-state index contributed by atoms with van der Waals surface area (Å²) < 4.78 is 57.2. The van der Waals surface area contributed by atoms with Gasteiger partial charge in [0.25, 0.3) is 0 Å². The van der Waals surface area contributed by atoms with Crippen LogP contribution in [0.3, 0.4) is 0 Å². The maximum absolute atomic E-state index is 13.2. The van der Waals surface area contributed by atoms with E-state index in [-0.39, 0.29) is 36.0 Å². The van der Waals surface area contributed by atoms with Crippen LogP contribution < -0.4 is 0 Å². The molecule has 0 spiro atoms. The standard InChI is InChI=1S/C22H27N3O4S2/c1-3-11-23-12-10-19-17-20(8-9-21(19)23)30(26,27)24-13-15-25(16-14-24)31(28,29)22-7-5-4-6-18(22)2/h4-10,12,17H,3,11,13-16H2,1-2H3. The lowest BCUT2D eigenvalue weighted by atomic mass is 10.2. The number of benzene rings is 2. The zero-order chi connectivity index (χ0) is 22.2. The molecule has 0 unspecified atom stereocenters. The quantitative estimate of drug-likeness (QED) is 0.565. The summed E-state index contributed by atoms with van der Waals surface area (Å²) in [4.78, 5) is 0.512. The van der Waals surface area contributed by atoms with Crippen molar-refractivity contribution in [3.63, 3.8) is 0 Å². The van der Waals surface area contributed by atoms with Gasteiger partial charge in [-0.3, -0.25) is 0 Å². The maximum Gasteiger partial charge on any atom is 0.243 e. The molecule has 1 aliphatic rings. The van der Waals surface area contributed by atoms with E-state index in [4.69, 9.17) is 0 Å². The second-order valence-corrected chi connectivity index (χ2v) is 11.6. The van der Waals surface area contributed by atoms with Crippen LogP contribution in [0.25, 0.3) is 10.9 Å². The molecule has 0 radical (unpaired) electrons. The molecule has 2 heterocycles. The summed E-state index contributed by atoms with van der Waals surface area (Å²) in [6.45, 7) is 5.26. The van der Waals surface area contributed by atoms with Crippen LogP contribution in [0.15, 0.2) is 64.5 Å². The Labute approximate surface area is 184 Å². The molecule has 1 fully saturated rings. The molecule has 0 amide bonds. The normalized spacial score (nSPS) is 16.7. The van der Waals surface area contributed by atoms with Crippen molar-refractivity contribution in [2.24, 2.45) is 0 Å². The largest absolute Gasteiger partial charge is 0.347 e. The minimum absolute atomic E-state index is 0.127. The van der Waals surface area contributed by atoms with Crippen molar-refractivity contribution in [3.05, 3.63) is 60.3 Å². The summed E-state index contributed by atoms with van der Waals surface area (Å²) in [7, 11) is -7.34. The molecule has 1 saturated heterocycles. The zero-order valence-corrected chi connectivity index (χ0v) is 19.4. The van der Waals surface area contributed by atoms with Crippen LogP contribution in [0, 0.1) is 6.92 Å². The van der Waals surface area contributed by atoms with E-state index in [1.165, 1.54) is 8.61 Å². The first kappa shape index (κ1) is 22.0.